The molecule has 0 aliphatic rings. The van der Waals surface area contributed by atoms with Crippen molar-refractivity contribution in [3.63, 3.8) is 0 Å². The van der Waals surface area contributed by atoms with Crippen molar-refractivity contribution < 1.29 is 18.9 Å². The Bertz CT molecular complexity index is 651. The third-order valence-electron chi connectivity index (χ3n) is 2.74. The van der Waals surface area contributed by atoms with Gasteiger partial charge in [-0.15, -0.1) is 0 Å². The van der Waals surface area contributed by atoms with Crippen molar-refractivity contribution in [1.29, 1.82) is 0 Å². The Hall–Kier alpha value is -1.97. The van der Waals surface area contributed by atoms with Crippen molar-refractivity contribution in [3.8, 4) is 5.75 Å². The van der Waals surface area contributed by atoms with Gasteiger partial charge in [-0.3, -0.25) is 4.52 Å². The molecule has 104 valence electrons. The maximum Gasteiger partial charge on any atom is 0.395 e. The summed E-state index contributed by atoms with van der Waals surface area (Å²) >= 11 is 0. The predicted molar refractivity (Wildman–Crippen MR) is 75.4 cm³/mol. The molecule has 0 N–H and O–H groups in total. The van der Waals surface area contributed by atoms with E-state index in [0.29, 0.717) is 5.75 Å². The first-order chi connectivity index (χ1) is 9.61. The Morgan fingerprint density at radius 1 is 1.25 bits per heavy atom. The summed E-state index contributed by atoms with van der Waals surface area (Å²) in [7, 11) is -1.08. The van der Waals surface area contributed by atoms with Gasteiger partial charge in [0.1, 0.15) is 0 Å². The van der Waals surface area contributed by atoms with Crippen LogP contribution in [0.3, 0.4) is 0 Å². The number of rotatable bonds is 4. The van der Waals surface area contributed by atoms with Gasteiger partial charge >= 0.3 is 14.1 Å². The van der Waals surface area contributed by atoms with E-state index in [2.05, 4.69) is 9.48 Å². The van der Waals surface area contributed by atoms with Crippen LogP contribution in [0.15, 0.2) is 47.2 Å². The normalized spacial score (nSPS) is 13.1. The largest absolute Gasteiger partial charge is 0.575 e. The fourth-order valence-electron chi connectivity index (χ4n) is 1.74. The number of carbonyl (C=O) groups is 1. The average molecular weight is 291 g/mol. The van der Waals surface area contributed by atoms with E-state index in [4.69, 9.17) is 4.52 Å². The molecule has 0 aliphatic carbocycles. The van der Waals surface area contributed by atoms with Gasteiger partial charge in [0.05, 0.1) is 7.11 Å². The lowest BCUT2D eigenvalue weighted by Gasteiger charge is -2.04. The summed E-state index contributed by atoms with van der Waals surface area (Å²) in [6.07, 6.45) is 0. The quantitative estimate of drug-likeness (QED) is 0.641. The third-order valence-corrected chi connectivity index (χ3v) is 3.62. The molecule has 0 aromatic heterocycles. The molecule has 0 saturated carbocycles. The molecule has 20 heavy (non-hydrogen) atoms. The van der Waals surface area contributed by atoms with Gasteiger partial charge in [-0.05, 0) is 18.4 Å². The number of esters is 1. The van der Waals surface area contributed by atoms with Crippen LogP contribution in [0.2, 0.25) is 0 Å². The summed E-state index contributed by atoms with van der Waals surface area (Å²) in [4.78, 5) is 23.1. The van der Waals surface area contributed by atoms with Gasteiger partial charge in [0.25, 0.3) is 0 Å². The van der Waals surface area contributed by atoms with Crippen LogP contribution in [0.1, 0.15) is 6.92 Å². The smallest absolute Gasteiger partial charge is 0.395 e. The van der Waals surface area contributed by atoms with Crippen LogP contribution in [-0.2, 0) is 9.53 Å². The number of carbonyl (C=O) groups excluding carboxylic acids is 1. The number of hydrogen-bond acceptors (Lipinski definition) is 5. The second kappa shape index (κ2) is 6.46. The number of ether oxygens (including phenoxy) is 1. The van der Waals surface area contributed by atoms with E-state index in [1.807, 2.05) is 36.4 Å². The molecule has 0 saturated heterocycles. The minimum atomic E-state index is -2.33. The number of fused-ring (bicyclic) bond motifs is 1. The Morgan fingerprint density at radius 2 is 1.95 bits per heavy atom. The molecule has 0 amide bonds. The average Bonchev–Trinajstić information content (AvgIpc) is 2.46. The summed E-state index contributed by atoms with van der Waals surface area (Å²) < 4.78 is 13.6. The van der Waals surface area contributed by atoms with Crippen LogP contribution in [0, 0.1) is 0 Å². The molecule has 2 aromatic rings. The zero-order valence-corrected chi connectivity index (χ0v) is 12.0. The van der Waals surface area contributed by atoms with E-state index in [-0.39, 0.29) is 0 Å². The zero-order valence-electron chi connectivity index (χ0n) is 11.1. The zero-order chi connectivity index (χ0) is 14.5. The van der Waals surface area contributed by atoms with Crippen LogP contribution in [0.25, 0.3) is 10.8 Å². The molecule has 0 radical (unpaired) electrons. The lowest BCUT2D eigenvalue weighted by Crippen LogP contribution is -2.16. The number of nitrogens with zero attached hydrogens (tertiary/aromatic N) is 1. The van der Waals surface area contributed by atoms with Crippen LogP contribution < -0.4 is 9.42 Å². The number of hydrogen-bond donors (Lipinski definition) is 0. The summed E-state index contributed by atoms with van der Waals surface area (Å²) in [5, 5.41) is 1.83. The lowest BCUT2D eigenvalue weighted by atomic mass is 10.1. The van der Waals surface area contributed by atoms with Crippen molar-refractivity contribution in [3.05, 3.63) is 42.5 Å². The molecule has 6 heteroatoms. The van der Waals surface area contributed by atoms with E-state index >= 15 is 0 Å². The SMILES string of the molecule is COC(=O)[C@H](C)N=[P+]([O-])Oc1cccc2ccccc12. The van der Waals surface area contributed by atoms with Crippen LogP contribution in [-0.4, -0.2) is 19.1 Å². The topological polar surface area (TPSA) is 71.0 Å². The molecule has 5 nitrogen and oxygen atoms in total. The van der Waals surface area contributed by atoms with Gasteiger partial charge in [0, 0.05) is 5.39 Å². The van der Waals surface area contributed by atoms with Crippen LogP contribution in [0.4, 0.5) is 0 Å². The van der Waals surface area contributed by atoms with Gasteiger partial charge in [0.15, 0.2) is 11.8 Å². The van der Waals surface area contributed by atoms with Gasteiger partial charge in [0.2, 0.25) is 0 Å². The summed E-state index contributed by atoms with van der Waals surface area (Å²) in [6.45, 7) is 1.51. The molecule has 1 unspecified atom stereocenters. The molecule has 0 heterocycles. The Kier molecular flexibility index (Phi) is 4.66. The van der Waals surface area contributed by atoms with Gasteiger partial charge < -0.3 is 9.63 Å². The summed E-state index contributed by atoms with van der Waals surface area (Å²) in [5.74, 6) is -0.0695. The minimum absolute atomic E-state index is 0.477. The van der Waals surface area contributed by atoms with E-state index in [0.717, 1.165) is 10.8 Å². The highest BCUT2D eigenvalue weighted by Crippen LogP contribution is 2.31. The molecule has 2 aromatic carbocycles. The summed E-state index contributed by atoms with van der Waals surface area (Å²) in [5.41, 5.74) is 0. The lowest BCUT2D eigenvalue weighted by molar-refractivity contribution is -0.169. The summed E-state index contributed by atoms with van der Waals surface area (Å²) in [6, 6.07) is 12.2. The minimum Gasteiger partial charge on any atom is -0.575 e. The first-order valence-electron chi connectivity index (χ1n) is 6.03. The predicted octanol–water partition coefficient (Wildman–Crippen LogP) is 2.64. The Balaban J connectivity index is 2.24. The monoisotopic (exact) mass is 291 g/mol. The maximum absolute atomic E-state index is 11.8. The second-order valence-electron chi connectivity index (χ2n) is 4.12. The van der Waals surface area contributed by atoms with Crippen LogP contribution in [0.5, 0.6) is 5.75 Å². The highest BCUT2D eigenvalue weighted by molar-refractivity contribution is 7.34. The third kappa shape index (κ3) is 3.32. The highest BCUT2D eigenvalue weighted by atomic mass is 31.1. The van der Waals surface area contributed by atoms with Gasteiger partial charge in [-0.25, -0.2) is 4.79 Å². The van der Waals surface area contributed by atoms with Crippen molar-refractivity contribution in [1.82, 2.24) is 0 Å². The molecular formula is C14H14NO4P. The number of benzene rings is 2. The van der Waals surface area contributed by atoms with Crippen molar-refractivity contribution in [2.45, 2.75) is 13.0 Å². The molecule has 2 atom stereocenters. The fraction of sp³-hybridized carbons (Fsp3) is 0.214. The number of methoxy groups -OCH3 is 1. The van der Waals surface area contributed by atoms with E-state index in [1.165, 1.54) is 14.0 Å². The highest BCUT2D eigenvalue weighted by Gasteiger charge is 2.17. The molecule has 0 aliphatic heterocycles. The first-order valence-corrected chi connectivity index (χ1v) is 7.16. The fourth-order valence-corrected chi connectivity index (χ4v) is 2.49. The maximum atomic E-state index is 11.8. The Morgan fingerprint density at radius 3 is 2.70 bits per heavy atom. The van der Waals surface area contributed by atoms with E-state index in [1.54, 1.807) is 6.07 Å². The van der Waals surface area contributed by atoms with Crippen molar-refractivity contribution in [2.24, 2.45) is 4.74 Å². The van der Waals surface area contributed by atoms with Crippen molar-refractivity contribution >= 4 is 24.9 Å². The first kappa shape index (κ1) is 14.4. The van der Waals surface area contributed by atoms with E-state index < -0.39 is 20.2 Å². The van der Waals surface area contributed by atoms with Crippen LogP contribution >= 0.6 is 8.17 Å². The Labute approximate surface area is 117 Å². The van der Waals surface area contributed by atoms with Crippen molar-refractivity contribution in [2.75, 3.05) is 7.11 Å². The van der Waals surface area contributed by atoms with E-state index in [9.17, 15) is 9.69 Å². The molecule has 0 fully saturated rings. The molecule has 0 bridgehead atoms. The second-order valence-corrected chi connectivity index (χ2v) is 5.01. The van der Waals surface area contributed by atoms with Gasteiger partial charge in [-0.1, -0.05) is 41.1 Å². The standard InChI is InChI=1S/C14H14NO4P/c1-10(14(16)18-2)15-20(17)19-13-9-5-7-11-6-3-4-8-12(11)13/h3-10H,1-2H3/t10-/m0/s1. The molecule has 2 rings (SSSR count). The molecular weight excluding hydrogens is 277 g/mol. The molecule has 0 spiro atoms. The van der Waals surface area contributed by atoms with Gasteiger partial charge in [-0.2, -0.15) is 0 Å².